The number of nitrogens with zero attached hydrogens (tertiary/aromatic N) is 3. The largest absolute Gasteiger partial charge is 0.490 e. The molecule has 2 aromatic carbocycles. The van der Waals surface area contributed by atoms with Crippen molar-refractivity contribution in [2.24, 2.45) is 4.99 Å². The molecule has 0 saturated carbocycles. The Bertz CT molecular complexity index is 1870. The number of thiazole rings is 1. The summed E-state index contributed by atoms with van der Waals surface area (Å²) in [6.45, 7) is 6.73. The van der Waals surface area contributed by atoms with Gasteiger partial charge in [0.25, 0.3) is 5.56 Å². The highest BCUT2D eigenvalue weighted by molar-refractivity contribution is 7.07. The molecule has 0 aliphatic carbocycles. The number of aromatic nitrogens is 2. The Hall–Kier alpha value is -4.64. The number of rotatable bonds is 10. The van der Waals surface area contributed by atoms with Crippen LogP contribution in [0, 0.1) is 0 Å². The van der Waals surface area contributed by atoms with Gasteiger partial charge < -0.3 is 23.5 Å². The first-order valence-electron chi connectivity index (χ1n) is 13.6. The minimum Gasteiger partial charge on any atom is -0.490 e. The topological polar surface area (TPSA) is 110 Å². The molecule has 0 spiro atoms. The number of methoxy groups -OCH3 is 1. The van der Waals surface area contributed by atoms with Crippen molar-refractivity contribution in [1.29, 1.82) is 0 Å². The molecule has 10 nitrogen and oxygen atoms in total. The van der Waals surface area contributed by atoms with Crippen LogP contribution in [0.1, 0.15) is 37.9 Å². The quantitative estimate of drug-likeness (QED) is 0.261. The van der Waals surface area contributed by atoms with Gasteiger partial charge in [0.2, 0.25) is 0 Å². The van der Waals surface area contributed by atoms with E-state index in [1.807, 2.05) is 48.9 Å². The molecule has 0 N–H and O–H groups in total. The van der Waals surface area contributed by atoms with Crippen molar-refractivity contribution in [2.45, 2.75) is 33.4 Å². The summed E-state index contributed by atoms with van der Waals surface area (Å²) >= 11 is 1.22. The lowest BCUT2D eigenvalue weighted by Crippen LogP contribution is -2.39. The lowest BCUT2D eigenvalue weighted by molar-refractivity contribution is -0.143. The number of benzene rings is 2. The van der Waals surface area contributed by atoms with Gasteiger partial charge in [-0.1, -0.05) is 35.6 Å². The van der Waals surface area contributed by atoms with E-state index in [0.717, 1.165) is 16.5 Å². The van der Waals surface area contributed by atoms with Crippen LogP contribution in [-0.2, 0) is 25.6 Å². The maximum atomic E-state index is 14.0. The summed E-state index contributed by atoms with van der Waals surface area (Å²) in [6, 6.07) is 12.2. The monoisotopic (exact) mass is 589 g/mol. The van der Waals surface area contributed by atoms with Crippen LogP contribution in [-0.4, -0.2) is 48.0 Å². The van der Waals surface area contributed by atoms with Gasteiger partial charge in [-0.15, -0.1) is 0 Å². The molecular formula is C31H31N3O7S. The standard InChI is InChI=1S/C31H31N3O7S/c1-5-39-24-13-12-19(14-25(24)40-6-2)28-22(30(37)38-4)16-32-31-34(28)29(36)26(42-31)15-20-17-33(18-27(35)41-7-3)23-11-9-8-10-21(20)23/h8-17,28H,5-7,18H2,1-4H3/b26-15+/t28-/m1/s1. The SMILES string of the molecule is CCOC(=O)Cn1cc(/C=c2/sc3n(c2=O)[C@H](c2ccc(OCC)c(OCC)c2)C(C(=O)OC)=CN=3)c2ccccc21. The maximum Gasteiger partial charge on any atom is 0.337 e. The number of carbonyl (C=O) groups is 2. The van der Waals surface area contributed by atoms with Gasteiger partial charge in [-0.2, -0.15) is 0 Å². The second kappa shape index (κ2) is 12.5. The summed E-state index contributed by atoms with van der Waals surface area (Å²) in [4.78, 5) is 44.0. The van der Waals surface area contributed by atoms with Gasteiger partial charge >= 0.3 is 11.9 Å². The number of esters is 2. The molecule has 1 atom stereocenters. The summed E-state index contributed by atoms with van der Waals surface area (Å²) in [6.07, 6.45) is 5.07. The van der Waals surface area contributed by atoms with Gasteiger partial charge in [0.15, 0.2) is 16.3 Å². The minimum absolute atomic E-state index is 0.0475. The fourth-order valence-corrected chi connectivity index (χ4v) is 5.96. The van der Waals surface area contributed by atoms with Crippen LogP contribution in [0.2, 0.25) is 0 Å². The molecule has 5 rings (SSSR count). The zero-order valence-electron chi connectivity index (χ0n) is 23.8. The Morgan fingerprint density at radius 2 is 1.79 bits per heavy atom. The lowest BCUT2D eigenvalue weighted by atomic mass is 9.97. The summed E-state index contributed by atoms with van der Waals surface area (Å²) in [7, 11) is 1.29. The molecule has 0 radical (unpaired) electrons. The summed E-state index contributed by atoms with van der Waals surface area (Å²) < 4.78 is 25.5. The number of hydrogen-bond donors (Lipinski definition) is 0. The molecule has 3 heterocycles. The van der Waals surface area contributed by atoms with E-state index in [2.05, 4.69) is 4.99 Å². The summed E-state index contributed by atoms with van der Waals surface area (Å²) in [5, 5.41) is 0.882. The average molecular weight is 590 g/mol. The predicted octanol–water partition coefficient (Wildman–Crippen LogP) is 3.33. The van der Waals surface area contributed by atoms with E-state index in [1.54, 1.807) is 31.2 Å². The van der Waals surface area contributed by atoms with E-state index in [0.29, 0.717) is 46.2 Å². The number of ether oxygens (including phenoxy) is 4. The van der Waals surface area contributed by atoms with Crippen LogP contribution in [0.5, 0.6) is 11.5 Å². The Kier molecular flexibility index (Phi) is 8.58. The van der Waals surface area contributed by atoms with Gasteiger partial charge in [-0.25, -0.2) is 9.79 Å². The molecule has 0 bridgehead atoms. The van der Waals surface area contributed by atoms with Crippen LogP contribution < -0.4 is 24.4 Å². The molecule has 2 aromatic heterocycles. The van der Waals surface area contributed by atoms with E-state index in [9.17, 15) is 14.4 Å². The molecule has 42 heavy (non-hydrogen) atoms. The zero-order chi connectivity index (χ0) is 29.8. The highest BCUT2D eigenvalue weighted by Crippen LogP contribution is 2.35. The smallest absolute Gasteiger partial charge is 0.337 e. The van der Waals surface area contributed by atoms with Crippen molar-refractivity contribution >= 4 is 40.3 Å². The molecule has 11 heteroatoms. The van der Waals surface area contributed by atoms with E-state index < -0.39 is 12.0 Å². The van der Waals surface area contributed by atoms with Crippen molar-refractivity contribution in [2.75, 3.05) is 26.9 Å². The Morgan fingerprint density at radius 3 is 2.52 bits per heavy atom. The first-order chi connectivity index (χ1) is 20.4. The third-order valence-electron chi connectivity index (χ3n) is 6.72. The van der Waals surface area contributed by atoms with Gasteiger partial charge in [-0.05, 0) is 50.6 Å². The molecular weight excluding hydrogens is 558 g/mol. The third kappa shape index (κ3) is 5.47. The van der Waals surface area contributed by atoms with Gasteiger partial charge in [0, 0.05) is 28.9 Å². The first kappa shape index (κ1) is 28.9. The molecule has 0 fully saturated rings. The second-order valence-corrected chi connectivity index (χ2v) is 10.3. The van der Waals surface area contributed by atoms with Crippen molar-refractivity contribution in [3.63, 3.8) is 0 Å². The normalized spacial score (nSPS) is 14.6. The second-order valence-electron chi connectivity index (χ2n) is 9.28. The average Bonchev–Trinajstić information content (AvgIpc) is 3.50. The number of carbonyl (C=O) groups excluding carboxylic acids is 2. The van der Waals surface area contributed by atoms with E-state index >= 15 is 0 Å². The fraction of sp³-hybridized carbons (Fsp3) is 0.290. The molecule has 218 valence electrons. The lowest BCUT2D eigenvalue weighted by Gasteiger charge is -2.23. The van der Waals surface area contributed by atoms with Crippen molar-refractivity contribution in [3.05, 3.63) is 91.2 Å². The van der Waals surface area contributed by atoms with Crippen LogP contribution in [0.4, 0.5) is 0 Å². The van der Waals surface area contributed by atoms with E-state index in [1.165, 1.54) is 29.2 Å². The minimum atomic E-state index is -0.795. The molecule has 0 saturated heterocycles. The molecule has 4 aromatic rings. The fourth-order valence-electron chi connectivity index (χ4n) is 5.00. The van der Waals surface area contributed by atoms with Gasteiger partial charge in [0.1, 0.15) is 6.54 Å². The van der Waals surface area contributed by atoms with Gasteiger partial charge in [0.05, 0.1) is 43.1 Å². The highest BCUT2D eigenvalue weighted by atomic mass is 32.1. The maximum absolute atomic E-state index is 14.0. The Labute approximate surface area is 245 Å². The molecule has 0 amide bonds. The number of fused-ring (bicyclic) bond motifs is 2. The van der Waals surface area contributed by atoms with Gasteiger partial charge in [-0.3, -0.25) is 14.2 Å². The Balaban J connectivity index is 1.66. The van der Waals surface area contributed by atoms with Crippen LogP contribution in [0.25, 0.3) is 17.0 Å². The molecule has 0 unspecified atom stereocenters. The van der Waals surface area contributed by atoms with E-state index in [4.69, 9.17) is 18.9 Å². The summed E-state index contributed by atoms with van der Waals surface area (Å²) in [5.41, 5.74) is 2.16. The highest BCUT2D eigenvalue weighted by Gasteiger charge is 2.31. The number of hydrogen-bond acceptors (Lipinski definition) is 9. The predicted molar refractivity (Wildman–Crippen MR) is 159 cm³/mol. The summed E-state index contributed by atoms with van der Waals surface area (Å²) in [5.74, 6) is 0.140. The van der Waals surface area contributed by atoms with E-state index in [-0.39, 0.29) is 23.6 Å². The van der Waals surface area contributed by atoms with Crippen molar-refractivity contribution < 1.29 is 28.5 Å². The zero-order valence-corrected chi connectivity index (χ0v) is 24.6. The van der Waals surface area contributed by atoms with Crippen LogP contribution in [0.3, 0.4) is 0 Å². The first-order valence-corrected chi connectivity index (χ1v) is 14.4. The van der Waals surface area contributed by atoms with Crippen molar-refractivity contribution in [3.8, 4) is 11.5 Å². The van der Waals surface area contributed by atoms with Crippen LogP contribution in [0.15, 0.2) is 70.2 Å². The number of para-hydroxylation sites is 1. The Morgan fingerprint density at radius 1 is 1.02 bits per heavy atom. The molecule has 1 aliphatic rings. The van der Waals surface area contributed by atoms with Crippen molar-refractivity contribution in [1.82, 2.24) is 9.13 Å². The molecule has 1 aliphatic heterocycles. The van der Waals surface area contributed by atoms with Crippen LogP contribution >= 0.6 is 11.3 Å². The third-order valence-corrected chi connectivity index (χ3v) is 7.72.